The van der Waals surface area contributed by atoms with Crippen LogP contribution in [-0.2, 0) is 80.0 Å². The van der Waals surface area contributed by atoms with Crippen LogP contribution in [-0.4, -0.2) is 220 Å². The monoisotopic (exact) mass is 1830 g/mol. The molecule has 1 aromatic heterocycles. The number of nitrogens with two attached hydrogens (primary N) is 2. The Hall–Kier alpha value is -12.0. The van der Waals surface area contributed by atoms with E-state index >= 15 is 24.0 Å². The van der Waals surface area contributed by atoms with E-state index < -0.39 is 283 Å². The highest BCUT2D eigenvalue weighted by Crippen LogP contribution is 2.50. The topological polar surface area (TPSA) is 625 Å². The number of aromatic hydroxyl groups is 3. The summed E-state index contributed by atoms with van der Waals surface area (Å²) in [5.41, 5.74) is 7.92. The number of nitrogens with zero attached hydrogens (tertiary/aromatic N) is 2. The molecular formula is C82H90Cl3FN14O27. The number of nitrogens with one attached hydrogen (secondary N) is 10. The van der Waals surface area contributed by atoms with Crippen molar-refractivity contribution < 1.29 is 132 Å². The van der Waals surface area contributed by atoms with Crippen LogP contribution in [0.5, 0.6) is 46.0 Å². The number of amides is 10. The number of phenols is 3. The zero-order chi connectivity index (χ0) is 92.1. The number of aliphatic hydroxyl groups excluding tert-OH is 6. The van der Waals surface area contributed by atoms with Crippen molar-refractivity contribution >= 4 is 99.7 Å². The maximum atomic E-state index is 16.3. The molecule has 0 saturated carbocycles. The molecule has 6 aromatic carbocycles. The third kappa shape index (κ3) is 21.7. The SMILES string of the molecule is CNC(CC(C)C)C(=O)NC1C(=O)NC(CC(N)=O)C(=O)NC2C(=O)NC3C(=O)NC(C(=O)N[C@@H](C(=O)NOCC(N)=O)c4cc(O)cc(O)c4-c4cc3ccc4O)C(O)c3ccc(c(Cl)c3)Oc3cc2cc(c3OC2OC(CO)C(O)C(O)C2OC2C[C@@](C)(NCCn3ccc(NC(=O)Cc4ccc(Cl)c(F)c4)nc3=O)C(O)C(C)O2)Oc2ccc(cc2Cl)C1O. The van der Waals surface area contributed by atoms with E-state index in [0.717, 1.165) is 78.9 Å². The zero-order valence-electron chi connectivity index (χ0n) is 67.9. The van der Waals surface area contributed by atoms with Crippen molar-refractivity contribution in [1.82, 2.24) is 57.6 Å². The average molecular weight is 1830 g/mol. The minimum Gasteiger partial charge on any atom is -0.508 e. The number of ether oxygens (including phenoxy) is 6. The number of hydrogen-bond acceptors (Lipinski definition) is 30. The van der Waals surface area contributed by atoms with Gasteiger partial charge in [0.25, 0.3) is 5.91 Å². The number of hydroxylamine groups is 1. The van der Waals surface area contributed by atoms with Crippen LogP contribution in [0.2, 0.25) is 15.1 Å². The number of carbonyl (C=O) groups is 10. The van der Waals surface area contributed by atoms with Gasteiger partial charge in [-0.05, 0) is 139 Å². The Morgan fingerprint density at radius 1 is 0.709 bits per heavy atom. The number of anilines is 1. The predicted octanol–water partition coefficient (Wildman–Crippen LogP) is 0.416. The molecule has 678 valence electrons. The highest BCUT2D eigenvalue weighted by Gasteiger charge is 2.52. The van der Waals surface area contributed by atoms with E-state index in [1.807, 2.05) is 5.48 Å². The van der Waals surface area contributed by atoms with Gasteiger partial charge in [-0.3, -0.25) is 57.4 Å². The highest BCUT2D eigenvalue weighted by atomic mass is 35.5. The van der Waals surface area contributed by atoms with Crippen molar-refractivity contribution in [3.63, 3.8) is 0 Å². The van der Waals surface area contributed by atoms with Crippen LogP contribution in [0.15, 0.2) is 114 Å². The van der Waals surface area contributed by atoms with E-state index in [4.69, 9.17) is 79.5 Å². The molecule has 23 N–H and O–H groups in total. The summed E-state index contributed by atoms with van der Waals surface area (Å²) in [5.74, 6) is -18.9. The number of likely N-dealkylation sites (N-methyl/N-ethyl adjacent to an activating group) is 1. The molecule has 41 nitrogen and oxygen atoms in total. The van der Waals surface area contributed by atoms with E-state index in [-0.39, 0.29) is 60.2 Å². The first-order valence-corrected chi connectivity index (χ1v) is 40.5. The van der Waals surface area contributed by atoms with E-state index in [0.29, 0.717) is 5.56 Å². The minimum atomic E-state index is -2.43. The van der Waals surface area contributed by atoms with Crippen molar-refractivity contribution in [2.24, 2.45) is 17.4 Å². The van der Waals surface area contributed by atoms with Gasteiger partial charge in [0.15, 0.2) is 30.5 Å². The molecule has 7 aliphatic heterocycles. The molecular weight excluding hydrogens is 1740 g/mol. The van der Waals surface area contributed by atoms with Gasteiger partial charge in [0.1, 0.15) is 107 Å². The van der Waals surface area contributed by atoms with Gasteiger partial charge in [0.05, 0.1) is 52.8 Å². The maximum Gasteiger partial charge on any atom is 0.349 e. The van der Waals surface area contributed by atoms with Crippen LogP contribution in [0.25, 0.3) is 11.1 Å². The lowest BCUT2D eigenvalue weighted by molar-refractivity contribution is -0.334. The van der Waals surface area contributed by atoms with Crippen LogP contribution in [0, 0.1) is 11.7 Å². The van der Waals surface area contributed by atoms with E-state index in [1.165, 1.54) is 49.0 Å². The number of halogens is 4. The van der Waals surface area contributed by atoms with Gasteiger partial charge < -0.3 is 134 Å². The van der Waals surface area contributed by atoms with Gasteiger partial charge in [-0.25, -0.2) is 14.7 Å². The largest absolute Gasteiger partial charge is 0.508 e. The van der Waals surface area contributed by atoms with Crippen molar-refractivity contribution in [3.05, 3.63) is 174 Å². The normalized spacial score (nSPS) is 25.7. The Balaban J connectivity index is 0.999. The smallest absolute Gasteiger partial charge is 0.349 e. The number of benzene rings is 6. The summed E-state index contributed by atoms with van der Waals surface area (Å²) in [7, 11) is 1.46. The van der Waals surface area contributed by atoms with Gasteiger partial charge in [0.2, 0.25) is 65.2 Å². The van der Waals surface area contributed by atoms with Crippen molar-refractivity contribution in [1.29, 1.82) is 0 Å². The second kappa shape index (κ2) is 39.9. The van der Waals surface area contributed by atoms with Gasteiger partial charge in [-0.2, -0.15) is 4.98 Å². The van der Waals surface area contributed by atoms with Crippen LogP contribution in [0.4, 0.5) is 10.2 Å². The molecule has 0 aliphatic carbocycles. The van der Waals surface area contributed by atoms with Crippen LogP contribution >= 0.6 is 34.8 Å². The highest BCUT2D eigenvalue weighted by molar-refractivity contribution is 6.32. The Bertz CT molecular complexity index is 5490. The Morgan fingerprint density at radius 3 is 1.99 bits per heavy atom. The molecule has 11 bridgehead atoms. The van der Waals surface area contributed by atoms with Crippen LogP contribution in [0.3, 0.4) is 0 Å². The van der Waals surface area contributed by atoms with Gasteiger partial charge in [0, 0.05) is 48.4 Å². The van der Waals surface area contributed by atoms with E-state index in [9.17, 15) is 79.1 Å². The summed E-state index contributed by atoms with van der Waals surface area (Å²) >= 11 is 20.1. The Kier molecular flexibility index (Phi) is 29.6. The fourth-order valence-corrected chi connectivity index (χ4v) is 15.6. The lowest BCUT2D eigenvalue weighted by Gasteiger charge is -2.48. The third-order valence-corrected chi connectivity index (χ3v) is 22.4. The van der Waals surface area contributed by atoms with E-state index in [1.54, 1.807) is 20.8 Å². The van der Waals surface area contributed by atoms with Crippen LogP contribution in [0.1, 0.15) is 111 Å². The zero-order valence-corrected chi connectivity index (χ0v) is 70.1. The van der Waals surface area contributed by atoms with E-state index in [2.05, 4.69) is 52.8 Å². The first-order valence-electron chi connectivity index (χ1n) is 39.4. The summed E-state index contributed by atoms with van der Waals surface area (Å²) in [5, 5.41) is 129. The number of aromatic nitrogens is 2. The molecule has 18 atom stereocenters. The lowest BCUT2D eigenvalue weighted by atomic mass is 9.85. The van der Waals surface area contributed by atoms with Gasteiger partial charge in [-0.15, -0.1) is 0 Å². The fraction of sp³-hybridized carbons (Fsp3) is 0.390. The number of phenolic OH excluding ortho intramolecular Hbond substituents is 3. The Labute approximate surface area is 735 Å². The summed E-state index contributed by atoms with van der Waals surface area (Å²) in [6, 6.07) is 3.83. The third-order valence-electron chi connectivity index (χ3n) is 21.5. The molecule has 7 aliphatic rings. The number of carbonyl (C=O) groups excluding carboxylic acids is 10. The first-order chi connectivity index (χ1) is 60.2. The molecule has 14 rings (SSSR count). The number of aliphatic hydroxyl groups is 6. The second-order valence-corrected chi connectivity index (χ2v) is 32.4. The molecule has 45 heteroatoms. The lowest BCUT2D eigenvalue weighted by Crippen LogP contribution is -2.65. The maximum absolute atomic E-state index is 16.3. The first kappa shape index (κ1) is 94.2. The minimum absolute atomic E-state index is 0.0731. The molecule has 2 fully saturated rings. The quantitative estimate of drug-likeness (QED) is 0.0386. The second-order valence-electron chi connectivity index (χ2n) is 31.2. The average Bonchev–Trinajstić information content (AvgIpc) is 0.762. The molecule has 16 unspecified atom stereocenters. The van der Waals surface area contributed by atoms with Gasteiger partial charge in [-0.1, -0.05) is 72.9 Å². The summed E-state index contributed by atoms with van der Waals surface area (Å²) in [6.07, 6.45) is -18.8. The van der Waals surface area contributed by atoms with Crippen molar-refractivity contribution in [2.75, 3.05) is 32.1 Å². The van der Waals surface area contributed by atoms with Gasteiger partial charge >= 0.3 is 5.69 Å². The predicted molar refractivity (Wildman–Crippen MR) is 441 cm³/mol. The molecule has 10 amide bonds. The number of fused-ring (bicyclic) bond motifs is 15. The molecule has 2 saturated heterocycles. The molecule has 7 aromatic rings. The van der Waals surface area contributed by atoms with Crippen LogP contribution < -0.4 is 84.7 Å². The molecule has 0 radical (unpaired) electrons. The van der Waals surface area contributed by atoms with Crippen molar-refractivity contribution in [3.8, 4) is 57.1 Å². The fourth-order valence-electron chi connectivity index (χ4n) is 15.0. The molecule has 0 spiro atoms. The summed E-state index contributed by atoms with van der Waals surface area (Å²) in [4.78, 5) is 167. The number of primary amides is 2. The summed E-state index contributed by atoms with van der Waals surface area (Å²) in [6.45, 7) is 4.47. The van der Waals surface area contributed by atoms with Crippen molar-refractivity contribution in [2.45, 2.75) is 169 Å². The molecule has 8 heterocycles. The summed E-state index contributed by atoms with van der Waals surface area (Å²) < 4.78 is 54.6. The number of hydrogen-bond donors (Lipinski definition) is 21. The molecule has 127 heavy (non-hydrogen) atoms. The standard InChI is InChI=1S/C82H90Cl3FN14O27/c1-32(2)18-46(89-5)73(113)97-64-66(108)36-8-12-50(43(84)22-36)123-52-24-38-25-53(70(52)127-80-71(69(111)68(110)54(30-101)125-80)126-59-29-82(4,72(112)33(3)122-59)90-15-17-100-16-14-57(93-81(100)120)92-58(107)20-34-6-10-42(83)45(86)19-34)124-51-13-9-37(23-44(51)85)67(109)65-78(118)96-63(79(119)99-121-31-56(88)106)41-26-39(102)27-49(104)60(41)40-21-35(7-11-48(40)103)61(75(115)98-65)95-76(116)62(38)94-74(114)47(28-55(87)105)91-77(64)117/h6-14,16,19,21-27,32-33,46-47,54,59,61-69,71-72,80,89-90,101-104,108-112H,15,17-18,20,28-31H2,1-5H3,(H2,87,105)(H2,88,106)(H,91,117)(H,94,114)(H,95,116)(H,96,118)(H,97,113)(H,98,115)(H,99,119)(H,92,93,107,120)/t33?,46?,47?,54?,59?,61?,62?,63-,64?,65?,66?,67?,68?,69?,71?,72?,80?,82-/m1/s1. The Morgan fingerprint density at radius 2 is 1.36 bits per heavy atom. The number of rotatable bonds is 23.